The van der Waals surface area contributed by atoms with Gasteiger partial charge in [0.15, 0.2) is 0 Å². The largest absolute Gasteiger partial charge is 0.348 e. The molecule has 1 aromatic carbocycles. The average molecular weight is 333 g/mol. The summed E-state index contributed by atoms with van der Waals surface area (Å²) < 4.78 is 1.01. The molecule has 1 aromatic rings. The molecule has 0 aromatic heterocycles. The van der Waals surface area contributed by atoms with E-state index in [9.17, 15) is 4.79 Å². The zero-order chi connectivity index (χ0) is 10.7. The van der Waals surface area contributed by atoms with E-state index in [4.69, 9.17) is 0 Å². The van der Waals surface area contributed by atoms with E-state index >= 15 is 0 Å². The van der Waals surface area contributed by atoms with Crippen molar-refractivity contribution in [3.8, 4) is 0 Å². The molecular weight excluding hydrogens is 321 g/mol. The number of carbonyl (C=O) groups is 1. The van der Waals surface area contributed by atoms with Crippen molar-refractivity contribution in [1.82, 2.24) is 5.32 Å². The van der Waals surface area contributed by atoms with Gasteiger partial charge in [-0.05, 0) is 46.9 Å². The van der Waals surface area contributed by atoms with Crippen LogP contribution < -0.4 is 5.32 Å². The van der Waals surface area contributed by atoms with E-state index in [1.54, 1.807) is 0 Å². The summed E-state index contributed by atoms with van der Waals surface area (Å²) in [6.07, 6.45) is 1.10. The van der Waals surface area contributed by atoms with Gasteiger partial charge in [0.05, 0.1) is 5.56 Å². The summed E-state index contributed by atoms with van der Waals surface area (Å²) in [6.45, 7) is 0. The summed E-state index contributed by atoms with van der Waals surface area (Å²) >= 11 is 4.10. The van der Waals surface area contributed by atoms with Gasteiger partial charge in [0.1, 0.15) is 0 Å². The van der Waals surface area contributed by atoms with Gasteiger partial charge in [-0.25, -0.2) is 0 Å². The van der Waals surface area contributed by atoms with Gasteiger partial charge in [0.25, 0.3) is 5.91 Å². The lowest BCUT2D eigenvalue weighted by atomic mass is 10.2. The Bertz CT molecular complexity index is 363. The molecule has 1 saturated heterocycles. The Morgan fingerprint density at radius 1 is 1.47 bits per heavy atom. The monoisotopic (exact) mass is 333 g/mol. The molecule has 2 nitrogen and oxygen atoms in total. The lowest BCUT2D eigenvalue weighted by Crippen LogP contribution is -2.34. The fourth-order valence-electron chi connectivity index (χ4n) is 1.56. The van der Waals surface area contributed by atoms with Crippen molar-refractivity contribution < 1.29 is 4.79 Å². The van der Waals surface area contributed by atoms with Crippen LogP contribution in [0.5, 0.6) is 0 Å². The Labute approximate surface area is 107 Å². The second-order valence-corrected chi connectivity index (χ2v) is 5.83. The number of hydrogen-bond acceptors (Lipinski definition) is 2. The van der Waals surface area contributed by atoms with Crippen LogP contribution in [0.1, 0.15) is 16.8 Å². The topological polar surface area (TPSA) is 29.1 Å². The van der Waals surface area contributed by atoms with Crippen LogP contribution in [0, 0.1) is 3.57 Å². The zero-order valence-electron chi connectivity index (χ0n) is 8.20. The predicted octanol–water partition coefficient (Wildman–Crippen LogP) is 2.53. The molecule has 0 radical (unpaired) electrons. The lowest BCUT2D eigenvalue weighted by Gasteiger charge is -2.11. The summed E-state index contributed by atoms with van der Waals surface area (Å²) in [7, 11) is 0. The van der Waals surface area contributed by atoms with Gasteiger partial charge in [0.2, 0.25) is 0 Å². The zero-order valence-corrected chi connectivity index (χ0v) is 11.2. The number of hydrogen-bond donors (Lipinski definition) is 1. The summed E-state index contributed by atoms with van der Waals surface area (Å²) in [5, 5.41) is 3.07. The number of nitrogens with one attached hydrogen (secondary N) is 1. The maximum Gasteiger partial charge on any atom is 0.252 e. The molecule has 80 valence electrons. The molecule has 1 atom stereocenters. The lowest BCUT2D eigenvalue weighted by molar-refractivity contribution is 0.0940. The normalized spacial score (nSPS) is 20.2. The molecule has 1 unspecified atom stereocenters. The number of rotatable bonds is 2. The number of benzene rings is 1. The smallest absolute Gasteiger partial charge is 0.252 e. The van der Waals surface area contributed by atoms with Crippen LogP contribution in [0.15, 0.2) is 24.3 Å². The highest BCUT2D eigenvalue weighted by Crippen LogP contribution is 2.18. The molecule has 2 rings (SSSR count). The van der Waals surface area contributed by atoms with Crippen molar-refractivity contribution in [3.05, 3.63) is 33.4 Å². The molecule has 1 N–H and O–H groups in total. The van der Waals surface area contributed by atoms with Gasteiger partial charge < -0.3 is 5.32 Å². The van der Waals surface area contributed by atoms with E-state index < -0.39 is 0 Å². The second kappa shape index (κ2) is 5.21. The second-order valence-electron chi connectivity index (χ2n) is 3.51. The Balaban J connectivity index is 2.04. The minimum atomic E-state index is 0.0625. The number of halogens is 1. The van der Waals surface area contributed by atoms with Crippen molar-refractivity contribution >= 4 is 40.3 Å². The first-order valence-corrected chi connectivity index (χ1v) is 7.14. The third kappa shape index (κ3) is 2.87. The molecule has 1 heterocycles. The summed E-state index contributed by atoms with van der Waals surface area (Å²) in [5.74, 6) is 2.28. The van der Waals surface area contributed by atoms with Gasteiger partial charge in [-0.15, -0.1) is 0 Å². The molecule has 4 heteroatoms. The predicted molar refractivity (Wildman–Crippen MR) is 72.4 cm³/mol. The molecule has 1 amide bonds. The Hall–Kier alpha value is -0.230. The van der Waals surface area contributed by atoms with Crippen LogP contribution >= 0.6 is 34.4 Å². The van der Waals surface area contributed by atoms with Crippen molar-refractivity contribution in [1.29, 1.82) is 0 Å². The van der Waals surface area contributed by atoms with E-state index in [0.29, 0.717) is 6.04 Å². The quantitative estimate of drug-likeness (QED) is 0.843. The summed E-state index contributed by atoms with van der Waals surface area (Å²) in [6, 6.07) is 8.04. The third-order valence-electron chi connectivity index (χ3n) is 2.38. The summed E-state index contributed by atoms with van der Waals surface area (Å²) in [4.78, 5) is 11.9. The average Bonchev–Trinajstić information content (AvgIpc) is 2.71. The minimum absolute atomic E-state index is 0.0625. The van der Waals surface area contributed by atoms with Crippen molar-refractivity contribution in [2.45, 2.75) is 12.5 Å². The Kier molecular flexibility index (Phi) is 3.91. The molecule has 0 saturated carbocycles. The molecular formula is C11H12INOS. The van der Waals surface area contributed by atoms with Crippen molar-refractivity contribution in [3.63, 3.8) is 0 Å². The first kappa shape index (κ1) is 11.3. The van der Waals surface area contributed by atoms with Crippen LogP contribution in [0.4, 0.5) is 0 Å². The number of carbonyl (C=O) groups excluding carboxylic acids is 1. The van der Waals surface area contributed by atoms with Gasteiger partial charge in [0, 0.05) is 15.4 Å². The maximum absolute atomic E-state index is 11.9. The highest BCUT2D eigenvalue weighted by atomic mass is 127. The molecule has 1 aliphatic heterocycles. The van der Waals surface area contributed by atoms with Crippen LogP contribution in [-0.2, 0) is 0 Å². The molecule has 0 bridgehead atoms. The van der Waals surface area contributed by atoms with E-state index in [1.807, 2.05) is 36.0 Å². The fraction of sp³-hybridized carbons (Fsp3) is 0.364. The van der Waals surface area contributed by atoms with Gasteiger partial charge >= 0.3 is 0 Å². The van der Waals surface area contributed by atoms with Gasteiger partial charge in [-0.3, -0.25) is 4.79 Å². The maximum atomic E-state index is 11.9. The van der Waals surface area contributed by atoms with E-state index in [0.717, 1.165) is 27.1 Å². The third-order valence-corrected chi connectivity index (χ3v) is 4.49. The minimum Gasteiger partial charge on any atom is -0.348 e. The molecule has 0 aliphatic carbocycles. The van der Waals surface area contributed by atoms with Crippen molar-refractivity contribution in [2.75, 3.05) is 11.5 Å². The van der Waals surface area contributed by atoms with Crippen LogP contribution in [0.2, 0.25) is 0 Å². The highest BCUT2D eigenvalue weighted by Gasteiger charge is 2.19. The van der Waals surface area contributed by atoms with Crippen LogP contribution in [-0.4, -0.2) is 23.5 Å². The Morgan fingerprint density at radius 3 is 2.93 bits per heavy atom. The van der Waals surface area contributed by atoms with Crippen LogP contribution in [0.3, 0.4) is 0 Å². The first-order valence-electron chi connectivity index (χ1n) is 4.90. The molecule has 0 spiro atoms. The molecule has 1 aliphatic rings. The molecule has 15 heavy (non-hydrogen) atoms. The van der Waals surface area contributed by atoms with Crippen LogP contribution in [0.25, 0.3) is 0 Å². The SMILES string of the molecule is O=C(NC1CCSC1)c1ccccc1I. The van der Waals surface area contributed by atoms with E-state index in [1.165, 1.54) is 0 Å². The number of thioether (sulfide) groups is 1. The standard InChI is InChI=1S/C11H12INOS/c12-10-4-2-1-3-9(10)11(14)13-8-5-6-15-7-8/h1-4,8H,5-7H2,(H,13,14). The fourth-order valence-corrected chi connectivity index (χ4v) is 3.34. The van der Waals surface area contributed by atoms with Crippen molar-refractivity contribution in [2.24, 2.45) is 0 Å². The highest BCUT2D eigenvalue weighted by molar-refractivity contribution is 14.1. The van der Waals surface area contributed by atoms with Gasteiger partial charge in [-0.1, -0.05) is 12.1 Å². The van der Waals surface area contributed by atoms with E-state index in [2.05, 4.69) is 27.9 Å². The summed E-state index contributed by atoms with van der Waals surface area (Å²) in [5.41, 5.74) is 0.787. The molecule has 1 fully saturated rings. The number of amides is 1. The Morgan fingerprint density at radius 2 is 2.27 bits per heavy atom. The first-order chi connectivity index (χ1) is 7.27. The van der Waals surface area contributed by atoms with E-state index in [-0.39, 0.29) is 5.91 Å². The van der Waals surface area contributed by atoms with Gasteiger partial charge in [-0.2, -0.15) is 11.8 Å².